The molecule has 0 bridgehead atoms. The van der Waals surface area contributed by atoms with E-state index >= 15 is 0 Å². The number of rotatable bonds is 4. The van der Waals surface area contributed by atoms with Gasteiger partial charge in [0.05, 0.1) is 12.7 Å². The quantitative estimate of drug-likeness (QED) is 0.740. The third-order valence-electron chi connectivity index (χ3n) is 1.80. The maximum absolute atomic E-state index is 13.0. The molecule has 0 aromatic heterocycles. The molecular weight excluding hydrogens is 211 g/mol. The van der Waals surface area contributed by atoms with E-state index in [1.165, 1.54) is 18.2 Å². The minimum Gasteiger partial charge on any atom is -0.490 e. The Morgan fingerprint density at radius 3 is 2.69 bits per heavy atom. The van der Waals surface area contributed by atoms with E-state index in [2.05, 4.69) is 0 Å². The monoisotopic (exact) mass is 226 g/mol. The molecule has 0 saturated carbocycles. The van der Waals surface area contributed by atoms with Gasteiger partial charge in [0, 0.05) is 6.07 Å². The Labute approximate surface area is 94.2 Å². The highest BCUT2D eigenvalue weighted by Crippen LogP contribution is 2.22. The van der Waals surface area contributed by atoms with Gasteiger partial charge in [-0.2, -0.15) is 0 Å². The first-order valence-electron chi connectivity index (χ1n) is 5.18. The zero-order chi connectivity index (χ0) is 12.1. The Morgan fingerprint density at radius 2 is 2.12 bits per heavy atom. The summed E-state index contributed by atoms with van der Waals surface area (Å²) in [6, 6.07) is 3.76. The second kappa shape index (κ2) is 5.49. The first kappa shape index (κ1) is 12.5. The van der Waals surface area contributed by atoms with E-state index in [-0.39, 0.29) is 24.0 Å². The van der Waals surface area contributed by atoms with Crippen molar-refractivity contribution in [1.82, 2.24) is 0 Å². The van der Waals surface area contributed by atoms with Crippen molar-refractivity contribution in [1.29, 1.82) is 0 Å². The van der Waals surface area contributed by atoms with Gasteiger partial charge in [0.2, 0.25) is 0 Å². The molecule has 0 fully saturated rings. The summed E-state index contributed by atoms with van der Waals surface area (Å²) in [5.41, 5.74) is 0.247. The van der Waals surface area contributed by atoms with Crippen molar-refractivity contribution >= 4 is 5.97 Å². The normalized spacial score (nSPS) is 10.3. The highest BCUT2D eigenvalue weighted by Gasteiger charge is 2.15. The molecule has 0 heterocycles. The topological polar surface area (TPSA) is 35.5 Å². The molecule has 1 aromatic carbocycles. The highest BCUT2D eigenvalue weighted by atomic mass is 19.1. The van der Waals surface area contributed by atoms with Crippen LogP contribution in [-0.4, -0.2) is 18.7 Å². The van der Waals surface area contributed by atoms with Crippen LogP contribution in [0.5, 0.6) is 5.75 Å². The van der Waals surface area contributed by atoms with E-state index in [0.29, 0.717) is 0 Å². The predicted molar refractivity (Wildman–Crippen MR) is 58.1 cm³/mol. The molecule has 0 aliphatic heterocycles. The van der Waals surface area contributed by atoms with E-state index in [1.54, 1.807) is 20.8 Å². The van der Waals surface area contributed by atoms with Crippen molar-refractivity contribution in [2.24, 2.45) is 0 Å². The summed E-state index contributed by atoms with van der Waals surface area (Å²) >= 11 is 0. The lowest BCUT2D eigenvalue weighted by molar-refractivity contribution is 0.0520. The summed E-state index contributed by atoms with van der Waals surface area (Å²) < 4.78 is 23.2. The summed E-state index contributed by atoms with van der Waals surface area (Å²) in [5, 5.41) is 0. The molecule has 0 aliphatic rings. The van der Waals surface area contributed by atoms with E-state index < -0.39 is 11.8 Å². The van der Waals surface area contributed by atoms with Gasteiger partial charge in [-0.25, -0.2) is 9.18 Å². The summed E-state index contributed by atoms with van der Waals surface area (Å²) in [4.78, 5) is 11.5. The van der Waals surface area contributed by atoms with Crippen LogP contribution in [0, 0.1) is 5.82 Å². The third kappa shape index (κ3) is 3.22. The molecule has 4 heteroatoms. The molecular formula is C12H15FO3. The van der Waals surface area contributed by atoms with E-state index in [1.807, 2.05) is 0 Å². The Morgan fingerprint density at radius 1 is 1.44 bits per heavy atom. The number of carbonyl (C=O) groups excluding carboxylic acids is 1. The van der Waals surface area contributed by atoms with Gasteiger partial charge in [-0.3, -0.25) is 0 Å². The van der Waals surface area contributed by atoms with Crippen LogP contribution >= 0.6 is 0 Å². The first-order valence-corrected chi connectivity index (χ1v) is 5.18. The largest absolute Gasteiger partial charge is 0.490 e. The van der Waals surface area contributed by atoms with Crippen LogP contribution in [0.25, 0.3) is 0 Å². The van der Waals surface area contributed by atoms with Gasteiger partial charge in [0.25, 0.3) is 0 Å². The average Bonchev–Trinajstić information content (AvgIpc) is 2.16. The summed E-state index contributed by atoms with van der Waals surface area (Å²) in [6.45, 7) is 5.60. The summed E-state index contributed by atoms with van der Waals surface area (Å²) in [7, 11) is 0. The van der Waals surface area contributed by atoms with Gasteiger partial charge in [0.15, 0.2) is 0 Å². The van der Waals surface area contributed by atoms with Gasteiger partial charge in [-0.1, -0.05) is 0 Å². The van der Waals surface area contributed by atoms with Crippen LogP contribution in [0.1, 0.15) is 31.1 Å². The van der Waals surface area contributed by atoms with Crippen LogP contribution < -0.4 is 4.74 Å². The fourth-order valence-electron chi connectivity index (χ4n) is 1.23. The van der Waals surface area contributed by atoms with Crippen molar-refractivity contribution in [2.45, 2.75) is 26.9 Å². The molecule has 0 amide bonds. The molecule has 88 valence electrons. The Balaban J connectivity index is 3.02. The number of hydrogen-bond donors (Lipinski definition) is 0. The molecule has 0 spiro atoms. The van der Waals surface area contributed by atoms with Crippen molar-refractivity contribution in [3.63, 3.8) is 0 Å². The number of hydrogen-bond acceptors (Lipinski definition) is 3. The van der Waals surface area contributed by atoms with Crippen molar-refractivity contribution in [3.05, 3.63) is 29.6 Å². The summed E-state index contributed by atoms with van der Waals surface area (Å²) in [6.07, 6.45) is -0.130. The molecule has 0 unspecified atom stereocenters. The lowest BCUT2D eigenvalue weighted by Crippen LogP contribution is -2.12. The van der Waals surface area contributed by atoms with E-state index in [0.717, 1.165) is 0 Å². The zero-order valence-corrected chi connectivity index (χ0v) is 9.62. The maximum Gasteiger partial charge on any atom is 0.341 e. The zero-order valence-electron chi connectivity index (χ0n) is 9.62. The lowest BCUT2D eigenvalue weighted by Gasteiger charge is -2.13. The molecule has 3 nitrogen and oxygen atoms in total. The first-order chi connectivity index (χ1) is 7.54. The van der Waals surface area contributed by atoms with Crippen LogP contribution in [0.15, 0.2) is 18.2 Å². The molecule has 0 radical (unpaired) electrons. The maximum atomic E-state index is 13.0. The smallest absolute Gasteiger partial charge is 0.341 e. The van der Waals surface area contributed by atoms with Gasteiger partial charge in [-0.15, -0.1) is 0 Å². The minimum atomic E-state index is -0.502. The molecule has 16 heavy (non-hydrogen) atoms. The van der Waals surface area contributed by atoms with E-state index in [9.17, 15) is 9.18 Å². The van der Waals surface area contributed by atoms with Crippen molar-refractivity contribution in [3.8, 4) is 5.75 Å². The minimum absolute atomic E-state index is 0.130. The second-order valence-electron chi connectivity index (χ2n) is 3.53. The summed E-state index contributed by atoms with van der Waals surface area (Å²) in [5.74, 6) is -0.727. The number of benzene rings is 1. The van der Waals surface area contributed by atoms with Crippen LogP contribution in [0.3, 0.4) is 0 Å². The SMILES string of the molecule is CCOC(=O)c1ccc(F)cc1OC(C)C. The Kier molecular flexibility index (Phi) is 4.28. The Bertz CT molecular complexity index is 375. The fourth-order valence-corrected chi connectivity index (χ4v) is 1.23. The Hall–Kier alpha value is -1.58. The van der Waals surface area contributed by atoms with Crippen LogP contribution in [0.4, 0.5) is 4.39 Å². The fraction of sp³-hybridized carbons (Fsp3) is 0.417. The van der Waals surface area contributed by atoms with Gasteiger partial charge in [-0.05, 0) is 32.9 Å². The number of halogens is 1. The van der Waals surface area contributed by atoms with Gasteiger partial charge in [0.1, 0.15) is 17.1 Å². The van der Waals surface area contributed by atoms with E-state index in [4.69, 9.17) is 9.47 Å². The molecule has 0 aliphatic carbocycles. The lowest BCUT2D eigenvalue weighted by atomic mass is 10.2. The van der Waals surface area contributed by atoms with Gasteiger partial charge < -0.3 is 9.47 Å². The van der Waals surface area contributed by atoms with Crippen LogP contribution in [0.2, 0.25) is 0 Å². The third-order valence-corrected chi connectivity index (χ3v) is 1.80. The molecule has 0 atom stereocenters. The predicted octanol–water partition coefficient (Wildman–Crippen LogP) is 2.79. The van der Waals surface area contributed by atoms with Crippen molar-refractivity contribution < 1.29 is 18.7 Å². The standard InChI is InChI=1S/C12H15FO3/c1-4-15-12(14)10-6-5-9(13)7-11(10)16-8(2)3/h5-8H,4H2,1-3H3. The van der Waals surface area contributed by atoms with Crippen molar-refractivity contribution in [2.75, 3.05) is 6.61 Å². The average molecular weight is 226 g/mol. The van der Waals surface area contributed by atoms with Crippen LogP contribution in [-0.2, 0) is 4.74 Å². The molecule has 1 aromatic rings. The number of carbonyl (C=O) groups is 1. The van der Waals surface area contributed by atoms with Gasteiger partial charge >= 0.3 is 5.97 Å². The molecule has 1 rings (SSSR count). The molecule has 0 saturated heterocycles. The number of ether oxygens (including phenoxy) is 2. The second-order valence-corrected chi connectivity index (χ2v) is 3.53. The number of esters is 1. The molecule has 0 N–H and O–H groups in total. The highest BCUT2D eigenvalue weighted by molar-refractivity contribution is 5.92.